The van der Waals surface area contributed by atoms with Gasteiger partial charge in [0.25, 0.3) is 5.56 Å². The average molecular weight is 450 g/mol. The average Bonchev–Trinajstić information content (AvgIpc) is 3.69. The van der Waals surface area contributed by atoms with Gasteiger partial charge in [0.1, 0.15) is 17.3 Å². The molecule has 1 aliphatic rings. The van der Waals surface area contributed by atoms with Crippen LogP contribution in [0.2, 0.25) is 0 Å². The molecular formula is C27H23N5O2. The third kappa shape index (κ3) is 4.02. The zero-order valence-electron chi connectivity index (χ0n) is 18.7. The number of nitrogens with zero attached hydrogens (tertiary/aromatic N) is 4. The molecule has 0 atom stereocenters. The van der Waals surface area contributed by atoms with Gasteiger partial charge in [-0.15, -0.1) is 0 Å². The summed E-state index contributed by atoms with van der Waals surface area (Å²) >= 11 is 0. The lowest BCUT2D eigenvalue weighted by atomic mass is 10.0. The minimum Gasteiger partial charge on any atom is -0.366 e. The Hall–Kier alpha value is -4.44. The van der Waals surface area contributed by atoms with Crippen molar-refractivity contribution in [1.82, 2.24) is 9.55 Å². The number of carbonyl (C=O) groups is 1. The standard InChI is InChI=1S/C27H23N5O2/c1-31-23-11-10-21(15-28)30-26(23)24(14-25(31)33)32(16-17-8-9-17)22-7-3-5-19(13-22)18-4-2-6-20(12-18)27(29)34/h2-7,10-14,17H,8-9,16H2,1H3,(H2,29,34). The van der Waals surface area contributed by atoms with Crippen molar-refractivity contribution < 1.29 is 4.79 Å². The number of nitrogens with two attached hydrogens (primary N) is 1. The fraction of sp³-hybridized carbons (Fsp3) is 0.185. The second-order valence-electron chi connectivity index (χ2n) is 8.65. The van der Waals surface area contributed by atoms with Crippen LogP contribution in [-0.4, -0.2) is 22.0 Å². The van der Waals surface area contributed by atoms with Crippen LogP contribution in [0.4, 0.5) is 11.4 Å². The lowest BCUT2D eigenvalue weighted by Gasteiger charge is -2.27. The van der Waals surface area contributed by atoms with Crippen LogP contribution in [0.25, 0.3) is 22.2 Å². The van der Waals surface area contributed by atoms with E-state index < -0.39 is 5.91 Å². The fourth-order valence-corrected chi connectivity index (χ4v) is 4.19. The molecule has 0 bridgehead atoms. The molecule has 5 rings (SSSR count). The summed E-state index contributed by atoms with van der Waals surface area (Å²) in [4.78, 5) is 31.2. The zero-order valence-corrected chi connectivity index (χ0v) is 18.7. The van der Waals surface area contributed by atoms with E-state index in [-0.39, 0.29) is 5.56 Å². The van der Waals surface area contributed by atoms with E-state index in [0.29, 0.717) is 33.9 Å². The molecule has 1 amide bonds. The first-order valence-electron chi connectivity index (χ1n) is 11.1. The van der Waals surface area contributed by atoms with E-state index in [1.807, 2.05) is 36.4 Å². The van der Waals surface area contributed by atoms with Crippen LogP contribution in [0, 0.1) is 17.2 Å². The van der Waals surface area contributed by atoms with Gasteiger partial charge in [-0.2, -0.15) is 5.26 Å². The number of pyridine rings is 2. The van der Waals surface area contributed by atoms with E-state index in [2.05, 4.69) is 16.0 Å². The number of primary amides is 1. The molecule has 0 spiro atoms. The number of amides is 1. The molecule has 1 fully saturated rings. The van der Waals surface area contributed by atoms with E-state index >= 15 is 0 Å². The molecule has 34 heavy (non-hydrogen) atoms. The van der Waals surface area contributed by atoms with Crippen molar-refractivity contribution in [2.45, 2.75) is 12.8 Å². The SMILES string of the molecule is Cn1c(=O)cc(N(CC2CC2)c2cccc(-c3cccc(C(N)=O)c3)c2)c2nc(C#N)ccc21. The van der Waals surface area contributed by atoms with Gasteiger partial charge in [-0.3, -0.25) is 9.59 Å². The summed E-state index contributed by atoms with van der Waals surface area (Å²) in [5, 5.41) is 9.42. The van der Waals surface area contributed by atoms with Crippen molar-refractivity contribution in [1.29, 1.82) is 5.26 Å². The van der Waals surface area contributed by atoms with Crippen molar-refractivity contribution in [3.05, 3.63) is 88.3 Å². The molecule has 2 aromatic heterocycles. The fourth-order valence-electron chi connectivity index (χ4n) is 4.19. The molecule has 0 saturated heterocycles. The molecule has 168 valence electrons. The van der Waals surface area contributed by atoms with Gasteiger partial charge in [0.15, 0.2) is 0 Å². The first kappa shape index (κ1) is 21.4. The van der Waals surface area contributed by atoms with Crippen LogP contribution in [0.5, 0.6) is 0 Å². The molecule has 1 aliphatic carbocycles. The van der Waals surface area contributed by atoms with Gasteiger partial charge in [-0.1, -0.05) is 24.3 Å². The van der Waals surface area contributed by atoms with Gasteiger partial charge in [0, 0.05) is 30.9 Å². The Labute approximate surface area is 196 Å². The largest absolute Gasteiger partial charge is 0.366 e. The molecule has 0 aliphatic heterocycles. The van der Waals surface area contributed by atoms with Gasteiger partial charge in [0.2, 0.25) is 5.91 Å². The van der Waals surface area contributed by atoms with Crippen LogP contribution < -0.4 is 16.2 Å². The number of anilines is 2. The zero-order chi connectivity index (χ0) is 23.8. The maximum absolute atomic E-state index is 12.8. The van der Waals surface area contributed by atoms with Crippen LogP contribution >= 0.6 is 0 Å². The highest BCUT2D eigenvalue weighted by Crippen LogP contribution is 2.38. The predicted molar refractivity (Wildman–Crippen MR) is 132 cm³/mol. The van der Waals surface area contributed by atoms with E-state index in [1.54, 1.807) is 41.9 Å². The lowest BCUT2D eigenvalue weighted by Crippen LogP contribution is -2.25. The number of hydrogen-bond acceptors (Lipinski definition) is 5. The molecular weight excluding hydrogens is 426 g/mol. The number of aryl methyl sites for hydroxylation is 1. The van der Waals surface area contributed by atoms with Crippen molar-refractivity contribution in [3.8, 4) is 17.2 Å². The Morgan fingerprint density at radius 3 is 2.56 bits per heavy atom. The summed E-state index contributed by atoms with van der Waals surface area (Å²) in [5.41, 5.74) is 10.8. The van der Waals surface area contributed by atoms with Crippen molar-refractivity contribution in [2.24, 2.45) is 18.7 Å². The van der Waals surface area contributed by atoms with Crippen LogP contribution in [0.1, 0.15) is 28.9 Å². The Balaban J connectivity index is 1.68. The Bertz CT molecular complexity index is 1530. The highest BCUT2D eigenvalue weighted by atomic mass is 16.1. The topological polar surface area (TPSA) is 105 Å². The second kappa shape index (κ2) is 8.49. The van der Waals surface area contributed by atoms with Gasteiger partial charge >= 0.3 is 0 Å². The number of carbonyl (C=O) groups excluding carboxylic acids is 1. The summed E-state index contributed by atoms with van der Waals surface area (Å²) in [6.07, 6.45) is 2.27. The molecule has 2 heterocycles. The second-order valence-corrected chi connectivity index (χ2v) is 8.65. The van der Waals surface area contributed by atoms with E-state index in [4.69, 9.17) is 5.73 Å². The number of hydrogen-bond donors (Lipinski definition) is 1. The van der Waals surface area contributed by atoms with Crippen LogP contribution in [0.3, 0.4) is 0 Å². The van der Waals surface area contributed by atoms with E-state index in [0.717, 1.165) is 36.2 Å². The quantitative estimate of drug-likeness (QED) is 0.477. The third-order valence-corrected chi connectivity index (χ3v) is 6.25. The van der Waals surface area contributed by atoms with Crippen molar-refractivity contribution >= 4 is 28.3 Å². The number of benzene rings is 2. The molecule has 0 radical (unpaired) electrons. The summed E-state index contributed by atoms with van der Waals surface area (Å²) in [5.74, 6) is 0.0550. The molecule has 4 aromatic rings. The van der Waals surface area contributed by atoms with Gasteiger partial charge < -0.3 is 15.2 Å². The summed E-state index contributed by atoms with van der Waals surface area (Å²) in [6, 6.07) is 22.3. The van der Waals surface area contributed by atoms with Gasteiger partial charge in [0.05, 0.1) is 11.2 Å². The number of rotatable bonds is 6. The van der Waals surface area contributed by atoms with Crippen molar-refractivity contribution in [3.63, 3.8) is 0 Å². The summed E-state index contributed by atoms with van der Waals surface area (Å²) in [6.45, 7) is 0.742. The first-order chi connectivity index (χ1) is 16.4. The maximum Gasteiger partial charge on any atom is 0.252 e. The Kier molecular flexibility index (Phi) is 5.34. The molecule has 2 N–H and O–H groups in total. The number of nitriles is 1. The molecule has 1 saturated carbocycles. The Morgan fingerprint density at radius 2 is 1.85 bits per heavy atom. The number of aromatic nitrogens is 2. The monoisotopic (exact) mass is 449 g/mol. The van der Waals surface area contributed by atoms with E-state index in [1.165, 1.54) is 0 Å². The van der Waals surface area contributed by atoms with Crippen molar-refractivity contribution in [2.75, 3.05) is 11.4 Å². The smallest absolute Gasteiger partial charge is 0.252 e. The Morgan fingerprint density at radius 1 is 1.12 bits per heavy atom. The molecule has 0 unspecified atom stereocenters. The number of fused-ring (bicyclic) bond motifs is 1. The molecule has 7 heteroatoms. The normalized spacial score (nSPS) is 12.9. The minimum absolute atomic E-state index is 0.139. The molecule has 2 aromatic carbocycles. The minimum atomic E-state index is -0.473. The van der Waals surface area contributed by atoms with E-state index in [9.17, 15) is 14.9 Å². The van der Waals surface area contributed by atoms with Gasteiger partial charge in [-0.25, -0.2) is 4.98 Å². The van der Waals surface area contributed by atoms with Gasteiger partial charge in [-0.05, 0) is 66.3 Å². The van der Waals surface area contributed by atoms with Crippen LogP contribution in [-0.2, 0) is 7.05 Å². The predicted octanol–water partition coefficient (Wildman–Crippen LogP) is 4.12. The maximum atomic E-state index is 12.8. The molecule has 7 nitrogen and oxygen atoms in total. The first-order valence-corrected chi connectivity index (χ1v) is 11.1. The third-order valence-electron chi connectivity index (χ3n) is 6.25. The summed E-state index contributed by atoms with van der Waals surface area (Å²) in [7, 11) is 1.71. The highest BCUT2D eigenvalue weighted by Gasteiger charge is 2.27. The highest BCUT2D eigenvalue weighted by molar-refractivity contribution is 5.94. The lowest BCUT2D eigenvalue weighted by molar-refractivity contribution is 0.100. The van der Waals surface area contributed by atoms with Crippen LogP contribution in [0.15, 0.2) is 71.5 Å². The summed E-state index contributed by atoms with van der Waals surface area (Å²) < 4.78 is 1.55.